The molecule has 1 unspecified atom stereocenters. The molecule has 0 heterocycles. The Hall–Kier alpha value is -2.04. The summed E-state index contributed by atoms with van der Waals surface area (Å²) in [6.45, 7) is 0. The average Bonchev–Trinajstić information content (AvgIpc) is 3.47. The van der Waals surface area contributed by atoms with Gasteiger partial charge in [-0.3, -0.25) is 9.59 Å². The molecule has 142 valence electrons. The number of halogens is 2. The highest BCUT2D eigenvalue weighted by atomic mass is 35.5. The first-order valence-corrected chi connectivity index (χ1v) is 9.85. The molecule has 1 atom stereocenters. The summed E-state index contributed by atoms with van der Waals surface area (Å²) in [5.41, 5.74) is 1.83. The molecular weight excluding hydrogens is 383 g/mol. The van der Waals surface area contributed by atoms with E-state index in [0.717, 1.165) is 24.0 Å². The molecule has 0 spiro atoms. The number of benzene rings is 2. The summed E-state index contributed by atoms with van der Waals surface area (Å²) in [7, 11) is 0. The Morgan fingerprint density at radius 2 is 1.78 bits per heavy atom. The predicted molar refractivity (Wildman–Crippen MR) is 108 cm³/mol. The predicted octanol–water partition coefficient (Wildman–Crippen LogP) is 3.93. The molecule has 27 heavy (non-hydrogen) atoms. The Bertz CT molecular complexity index is 807. The van der Waals surface area contributed by atoms with Crippen molar-refractivity contribution in [2.24, 2.45) is 0 Å². The normalized spacial score (nSPS) is 14.4. The van der Waals surface area contributed by atoms with Crippen molar-refractivity contribution in [3.63, 3.8) is 0 Å². The van der Waals surface area contributed by atoms with Gasteiger partial charge >= 0.3 is 0 Å². The van der Waals surface area contributed by atoms with Gasteiger partial charge in [0.1, 0.15) is 6.04 Å². The van der Waals surface area contributed by atoms with Gasteiger partial charge in [0.2, 0.25) is 11.8 Å². The van der Waals surface area contributed by atoms with Crippen LogP contribution in [0.1, 0.15) is 30.4 Å². The molecule has 2 amide bonds. The second-order valence-corrected chi connectivity index (χ2v) is 7.59. The number of hydrogen-bond donors (Lipinski definition) is 2. The van der Waals surface area contributed by atoms with Crippen molar-refractivity contribution >= 4 is 35.0 Å². The van der Waals surface area contributed by atoms with E-state index >= 15 is 0 Å². The van der Waals surface area contributed by atoms with E-state index in [1.807, 2.05) is 42.5 Å². The minimum Gasteiger partial charge on any atom is -0.352 e. The average molecular weight is 405 g/mol. The molecule has 1 saturated carbocycles. The van der Waals surface area contributed by atoms with Crippen LogP contribution in [0.4, 0.5) is 0 Å². The Labute approximate surface area is 169 Å². The number of rotatable bonds is 8. The molecule has 0 aliphatic heterocycles. The summed E-state index contributed by atoms with van der Waals surface area (Å²) in [4.78, 5) is 25.0. The zero-order valence-electron chi connectivity index (χ0n) is 14.9. The van der Waals surface area contributed by atoms with E-state index in [-0.39, 0.29) is 24.3 Å². The minimum atomic E-state index is -0.588. The van der Waals surface area contributed by atoms with Crippen LogP contribution in [0.5, 0.6) is 0 Å². The lowest BCUT2D eigenvalue weighted by molar-refractivity contribution is -0.129. The van der Waals surface area contributed by atoms with Crippen LogP contribution in [0.25, 0.3) is 0 Å². The van der Waals surface area contributed by atoms with Crippen molar-refractivity contribution in [3.8, 4) is 0 Å². The van der Waals surface area contributed by atoms with Crippen LogP contribution in [0, 0.1) is 0 Å². The maximum Gasteiger partial charge on any atom is 0.243 e. The first-order chi connectivity index (χ1) is 13.0. The van der Waals surface area contributed by atoms with Crippen LogP contribution in [0.15, 0.2) is 48.5 Å². The number of amides is 2. The molecule has 0 aromatic heterocycles. The van der Waals surface area contributed by atoms with Gasteiger partial charge in [0.15, 0.2) is 0 Å². The highest BCUT2D eigenvalue weighted by Gasteiger charge is 2.28. The van der Waals surface area contributed by atoms with Gasteiger partial charge in [0, 0.05) is 18.9 Å². The van der Waals surface area contributed by atoms with E-state index in [4.69, 9.17) is 23.2 Å². The van der Waals surface area contributed by atoms with Gasteiger partial charge in [-0.05, 0) is 36.5 Å². The third-order valence-electron chi connectivity index (χ3n) is 4.51. The SMILES string of the molecule is O=C(CCc1cccc(Cl)c1Cl)NC(Cc1ccccc1)C(=O)NC1CC1. The van der Waals surface area contributed by atoms with Crippen LogP contribution in [-0.2, 0) is 22.4 Å². The molecule has 2 aromatic carbocycles. The van der Waals surface area contributed by atoms with E-state index in [9.17, 15) is 9.59 Å². The maximum absolute atomic E-state index is 12.5. The fraction of sp³-hybridized carbons (Fsp3) is 0.333. The summed E-state index contributed by atoms with van der Waals surface area (Å²) in [6, 6.07) is 14.7. The van der Waals surface area contributed by atoms with Crippen LogP contribution in [0.3, 0.4) is 0 Å². The van der Waals surface area contributed by atoms with E-state index in [0.29, 0.717) is 22.9 Å². The fourth-order valence-electron chi connectivity index (χ4n) is 2.84. The highest BCUT2D eigenvalue weighted by molar-refractivity contribution is 6.42. The number of hydrogen-bond acceptors (Lipinski definition) is 2. The molecule has 0 radical (unpaired) electrons. The maximum atomic E-state index is 12.5. The second kappa shape index (κ2) is 9.25. The van der Waals surface area contributed by atoms with E-state index in [1.54, 1.807) is 6.07 Å². The molecule has 1 aliphatic carbocycles. The van der Waals surface area contributed by atoms with E-state index in [1.165, 1.54) is 0 Å². The van der Waals surface area contributed by atoms with Gasteiger partial charge in [-0.25, -0.2) is 0 Å². The van der Waals surface area contributed by atoms with Crippen LogP contribution in [-0.4, -0.2) is 23.9 Å². The van der Waals surface area contributed by atoms with E-state index in [2.05, 4.69) is 10.6 Å². The van der Waals surface area contributed by atoms with Gasteiger partial charge in [0.25, 0.3) is 0 Å². The van der Waals surface area contributed by atoms with Gasteiger partial charge in [-0.2, -0.15) is 0 Å². The molecule has 1 fully saturated rings. The van der Waals surface area contributed by atoms with Crippen molar-refractivity contribution in [1.82, 2.24) is 10.6 Å². The largest absolute Gasteiger partial charge is 0.352 e. The van der Waals surface area contributed by atoms with Crippen molar-refractivity contribution in [1.29, 1.82) is 0 Å². The third kappa shape index (κ3) is 5.98. The molecule has 3 rings (SSSR count). The lowest BCUT2D eigenvalue weighted by atomic mass is 10.0. The summed E-state index contributed by atoms with van der Waals surface area (Å²) in [5.74, 6) is -0.312. The molecule has 6 heteroatoms. The zero-order chi connectivity index (χ0) is 19.2. The summed E-state index contributed by atoms with van der Waals surface area (Å²) in [6.07, 6.45) is 3.18. The van der Waals surface area contributed by atoms with E-state index < -0.39 is 6.04 Å². The van der Waals surface area contributed by atoms with Gasteiger partial charge < -0.3 is 10.6 Å². The van der Waals surface area contributed by atoms with Crippen LogP contribution < -0.4 is 10.6 Å². The number of carbonyl (C=O) groups is 2. The lowest BCUT2D eigenvalue weighted by Gasteiger charge is -2.19. The van der Waals surface area contributed by atoms with Gasteiger partial charge in [-0.1, -0.05) is 65.7 Å². The van der Waals surface area contributed by atoms with Gasteiger partial charge in [-0.15, -0.1) is 0 Å². The topological polar surface area (TPSA) is 58.2 Å². The first-order valence-electron chi connectivity index (χ1n) is 9.09. The Balaban J connectivity index is 1.60. The number of nitrogens with one attached hydrogen (secondary N) is 2. The molecule has 1 aliphatic rings. The lowest BCUT2D eigenvalue weighted by Crippen LogP contribution is -2.48. The van der Waals surface area contributed by atoms with Crippen LogP contribution in [0.2, 0.25) is 10.0 Å². The second-order valence-electron chi connectivity index (χ2n) is 6.81. The van der Waals surface area contributed by atoms with Crippen molar-refractivity contribution < 1.29 is 9.59 Å². The standard InChI is InChI=1S/C21H22Cl2N2O2/c22-17-8-4-7-15(20(17)23)9-12-19(26)25-18(21(27)24-16-10-11-16)13-14-5-2-1-3-6-14/h1-8,16,18H,9-13H2,(H,24,27)(H,25,26). The highest BCUT2D eigenvalue weighted by Crippen LogP contribution is 2.26. The smallest absolute Gasteiger partial charge is 0.243 e. The fourth-order valence-corrected chi connectivity index (χ4v) is 3.26. The van der Waals surface area contributed by atoms with Gasteiger partial charge in [0.05, 0.1) is 10.0 Å². The number of carbonyl (C=O) groups excluding carboxylic acids is 2. The molecule has 0 saturated heterocycles. The number of aryl methyl sites for hydroxylation is 1. The summed E-state index contributed by atoms with van der Waals surface area (Å²) in [5, 5.41) is 6.80. The molecule has 4 nitrogen and oxygen atoms in total. The summed E-state index contributed by atoms with van der Waals surface area (Å²) >= 11 is 12.2. The monoisotopic (exact) mass is 404 g/mol. The Morgan fingerprint density at radius 3 is 2.48 bits per heavy atom. The Kier molecular flexibility index (Phi) is 6.75. The third-order valence-corrected chi connectivity index (χ3v) is 5.37. The molecule has 0 bridgehead atoms. The summed E-state index contributed by atoms with van der Waals surface area (Å²) < 4.78 is 0. The van der Waals surface area contributed by atoms with Crippen LogP contribution >= 0.6 is 23.2 Å². The molecule has 2 N–H and O–H groups in total. The zero-order valence-corrected chi connectivity index (χ0v) is 16.4. The molecule has 2 aromatic rings. The first kappa shape index (κ1) is 19.7. The van der Waals surface area contributed by atoms with Crippen molar-refractivity contribution in [3.05, 3.63) is 69.7 Å². The Morgan fingerprint density at radius 1 is 1.04 bits per heavy atom. The van der Waals surface area contributed by atoms with Crippen molar-refractivity contribution in [2.45, 2.75) is 44.2 Å². The molecular formula is C21H22Cl2N2O2. The van der Waals surface area contributed by atoms with Crippen molar-refractivity contribution in [2.75, 3.05) is 0 Å². The minimum absolute atomic E-state index is 0.129. The quantitative estimate of drug-likeness (QED) is 0.699.